The Morgan fingerprint density at radius 2 is 1.84 bits per heavy atom. The molecule has 1 heterocycles. The van der Waals surface area contributed by atoms with Crippen LogP contribution >= 0.6 is 15.9 Å². The lowest BCUT2D eigenvalue weighted by Gasteiger charge is -2.03. The third kappa shape index (κ3) is 7.00. The number of halogens is 1. The van der Waals surface area contributed by atoms with E-state index < -0.39 is 5.97 Å². The summed E-state index contributed by atoms with van der Waals surface area (Å²) in [5, 5.41) is 11.2. The van der Waals surface area contributed by atoms with E-state index in [0.717, 1.165) is 32.1 Å². The number of aliphatic carboxylic acids is 1. The van der Waals surface area contributed by atoms with Gasteiger partial charge in [-0.25, -0.2) is 0 Å². The lowest BCUT2D eigenvalue weighted by Crippen LogP contribution is -2.23. The maximum Gasteiger partial charge on any atom is 0.303 e. The van der Waals surface area contributed by atoms with Crippen molar-refractivity contribution in [3.8, 4) is 0 Å². The largest absolute Gasteiger partial charge is 0.481 e. The van der Waals surface area contributed by atoms with Gasteiger partial charge in [0.25, 0.3) is 5.91 Å². The Kier molecular flexibility index (Phi) is 7.25. The van der Waals surface area contributed by atoms with Crippen LogP contribution in [0.3, 0.4) is 0 Å². The Bertz CT molecular complexity index is 417. The Balaban J connectivity index is 1.99. The number of hydrogen-bond donors (Lipinski definition) is 2. The molecule has 0 unspecified atom stereocenters. The topological polar surface area (TPSA) is 79.5 Å². The first-order valence-electron chi connectivity index (χ1n) is 6.35. The van der Waals surface area contributed by atoms with Crippen LogP contribution in [-0.2, 0) is 4.79 Å². The molecule has 5 nitrogen and oxygen atoms in total. The van der Waals surface area contributed by atoms with Gasteiger partial charge in [0.05, 0.1) is 0 Å². The average Bonchev–Trinajstić information content (AvgIpc) is 2.78. The Labute approximate surface area is 120 Å². The minimum absolute atomic E-state index is 0.212. The highest BCUT2D eigenvalue weighted by Gasteiger charge is 2.08. The second-order valence-electron chi connectivity index (χ2n) is 4.27. The zero-order valence-electron chi connectivity index (χ0n) is 10.7. The minimum atomic E-state index is -0.739. The van der Waals surface area contributed by atoms with E-state index in [0.29, 0.717) is 17.0 Å². The standard InChI is InChI=1S/C13H18BrNO4/c14-11-8-7-10(19-11)13(18)15-9-5-3-1-2-4-6-12(16)17/h7-8H,1-6,9H2,(H,15,18)(H,16,17). The first kappa shape index (κ1) is 15.8. The van der Waals surface area contributed by atoms with Crippen molar-refractivity contribution in [3.63, 3.8) is 0 Å². The predicted molar refractivity (Wildman–Crippen MR) is 74.1 cm³/mol. The van der Waals surface area contributed by atoms with Gasteiger partial charge in [0, 0.05) is 13.0 Å². The average molecular weight is 332 g/mol. The van der Waals surface area contributed by atoms with Crippen LogP contribution in [0.15, 0.2) is 21.2 Å². The van der Waals surface area contributed by atoms with Crippen LogP contribution in [0.5, 0.6) is 0 Å². The molecular formula is C13H18BrNO4. The van der Waals surface area contributed by atoms with Gasteiger partial charge in [0.15, 0.2) is 10.4 Å². The fourth-order valence-corrected chi connectivity index (χ4v) is 1.96. The van der Waals surface area contributed by atoms with Gasteiger partial charge < -0.3 is 14.8 Å². The van der Waals surface area contributed by atoms with E-state index in [9.17, 15) is 9.59 Å². The van der Waals surface area contributed by atoms with Crippen LogP contribution < -0.4 is 5.32 Å². The van der Waals surface area contributed by atoms with Crippen LogP contribution in [0, 0.1) is 0 Å². The highest BCUT2D eigenvalue weighted by Crippen LogP contribution is 2.13. The van der Waals surface area contributed by atoms with Crippen LogP contribution in [-0.4, -0.2) is 23.5 Å². The molecular weight excluding hydrogens is 314 g/mol. The van der Waals surface area contributed by atoms with Gasteiger partial charge in [0.2, 0.25) is 0 Å². The molecule has 1 aromatic heterocycles. The Morgan fingerprint density at radius 1 is 1.16 bits per heavy atom. The van der Waals surface area contributed by atoms with Crippen molar-refractivity contribution >= 4 is 27.8 Å². The minimum Gasteiger partial charge on any atom is -0.481 e. The number of furan rings is 1. The van der Waals surface area contributed by atoms with E-state index in [1.165, 1.54) is 0 Å². The molecule has 0 saturated carbocycles. The maximum absolute atomic E-state index is 11.6. The molecule has 19 heavy (non-hydrogen) atoms. The van der Waals surface area contributed by atoms with E-state index in [2.05, 4.69) is 21.2 Å². The smallest absolute Gasteiger partial charge is 0.303 e. The molecule has 1 aromatic rings. The second-order valence-corrected chi connectivity index (χ2v) is 5.05. The fraction of sp³-hybridized carbons (Fsp3) is 0.538. The second kappa shape index (κ2) is 8.74. The third-order valence-electron chi connectivity index (χ3n) is 2.65. The van der Waals surface area contributed by atoms with Gasteiger partial charge in [0.1, 0.15) is 0 Å². The summed E-state index contributed by atoms with van der Waals surface area (Å²) in [6.45, 7) is 0.607. The van der Waals surface area contributed by atoms with Crippen LogP contribution in [0.25, 0.3) is 0 Å². The van der Waals surface area contributed by atoms with Crippen molar-refractivity contribution < 1.29 is 19.1 Å². The molecule has 0 aliphatic carbocycles. The summed E-state index contributed by atoms with van der Waals surface area (Å²) in [5.41, 5.74) is 0. The van der Waals surface area contributed by atoms with Crippen LogP contribution in [0.1, 0.15) is 49.1 Å². The van der Waals surface area contributed by atoms with Crippen LogP contribution in [0.2, 0.25) is 0 Å². The number of amides is 1. The SMILES string of the molecule is O=C(O)CCCCCCCNC(=O)c1ccc(Br)o1. The summed E-state index contributed by atoms with van der Waals surface area (Å²) in [6, 6.07) is 3.29. The molecule has 0 aliphatic heterocycles. The number of carboxylic acid groups (broad SMARTS) is 1. The fourth-order valence-electron chi connectivity index (χ4n) is 1.66. The molecule has 0 fully saturated rings. The van der Waals surface area contributed by atoms with Gasteiger partial charge in [-0.15, -0.1) is 0 Å². The zero-order valence-corrected chi connectivity index (χ0v) is 12.2. The molecule has 0 bridgehead atoms. The van der Waals surface area contributed by atoms with Crippen molar-refractivity contribution in [1.29, 1.82) is 0 Å². The van der Waals surface area contributed by atoms with Gasteiger partial charge >= 0.3 is 5.97 Å². The summed E-state index contributed by atoms with van der Waals surface area (Å²) in [4.78, 5) is 21.9. The summed E-state index contributed by atoms with van der Waals surface area (Å²) in [7, 11) is 0. The van der Waals surface area contributed by atoms with E-state index in [4.69, 9.17) is 9.52 Å². The van der Waals surface area contributed by atoms with E-state index in [1.807, 2.05) is 0 Å². The van der Waals surface area contributed by atoms with E-state index in [-0.39, 0.29) is 12.3 Å². The van der Waals surface area contributed by atoms with Gasteiger partial charge in [-0.05, 0) is 40.9 Å². The number of hydrogen-bond acceptors (Lipinski definition) is 3. The third-order valence-corrected chi connectivity index (χ3v) is 3.08. The first-order chi connectivity index (χ1) is 9.09. The van der Waals surface area contributed by atoms with Crippen molar-refractivity contribution in [1.82, 2.24) is 5.32 Å². The molecule has 106 valence electrons. The number of rotatable bonds is 9. The number of unbranched alkanes of at least 4 members (excludes halogenated alkanes) is 4. The van der Waals surface area contributed by atoms with Crippen molar-refractivity contribution in [3.05, 3.63) is 22.6 Å². The highest BCUT2D eigenvalue weighted by molar-refractivity contribution is 9.10. The maximum atomic E-state index is 11.6. The Morgan fingerprint density at radius 3 is 2.47 bits per heavy atom. The predicted octanol–water partition coefficient (Wildman–Crippen LogP) is 3.20. The van der Waals surface area contributed by atoms with Crippen LogP contribution in [0.4, 0.5) is 0 Å². The highest BCUT2D eigenvalue weighted by atomic mass is 79.9. The summed E-state index contributed by atoms with van der Waals surface area (Å²) in [5.74, 6) is -0.651. The normalized spacial score (nSPS) is 10.4. The molecule has 0 saturated heterocycles. The summed E-state index contributed by atoms with van der Waals surface area (Å²) in [6.07, 6.45) is 4.76. The van der Waals surface area contributed by atoms with Gasteiger partial charge in [-0.1, -0.05) is 19.3 Å². The molecule has 0 radical (unpaired) electrons. The first-order valence-corrected chi connectivity index (χ1v) is 7.14. The van der Waals surface area contributed by atoms with E-state index >= 15 is 0 Å². The molecule has 0 aromatic carbocycles. The number of nitrogens with one attached hydrogen (secondary N) is 1. The quantitative estimate of drug-likeness (QED) is 0.681. The molecule has 2 N–H and O–H groups in total. The zero-order chi connectivity index (χ0) is 14.1. The van der Waals surface area contributed by atoms with Crippen molar-refractivity contribution in [2.75, 3.05) is 6.54 Å². The summed E-state index contributed by atoms with van der Waals surface area (Å²) >= 11 is 3.14. The van der Waals surface area contributed by atoms with Gasteiger partial charge in [-0.2, -0.15) is 0 Å². The molecule has 1 rings (SSSR count). The number of carboxylic acids is 1. The lowest BCUT2D eigenvalue weighted by atomic mass is 10.1. The molecule has 0 atom stereocenters. The monoisotopic (exact) mass is 331 g/mol. The number of carbonyl (C=O) groups excluding carboxylic acids is 1. The Hall–Kier alpha value is -1.30. The molecule has 1 amide bonds. The molecule has 6 heteroatoms. The summed E-state index contributed by atoms with van der Waals surface area (Å²) < 4.78 is 5.66. The lowest BCUT2D eigenvalue weighted by molar-refractivity contribution is -0.137. The van der Waals surface area contributed by atoms with Crippen molar-refractivity contribution in [2.45, 2.75) is 38.5 Å². The van der Waals surface area contributed by atoms with E-state index in [1.54, 1.807) is 12.1 Å². The molecule has 0 spiro atoms. The van der Waals surface area contributed by atoms with Crippen molar-refractivity contribution in [2.24, 2.45) is 0 Å². The number of carbonyl (C=O) groups is 2. The van der Waals surface area contributed by atoms with Gasteiger partial charge in [-0.3, -0.25) is 9.59 Å². The molecule has 0 aliphatic rings.